The summed E-state index contributed by atoms with van der Waals surface area (Å²) >= 11 is 0. The molecule has 1 heterocycles. The van der Waals surface area contributed by atoms with Gasteiger partial charge < -0.3 is 0 Å². The molecule has 0 saturated carbocycles. The largest absolute Gasteiger partial charge is 0.270 e. The van der Waals surface area contributed by atoms with E-state index in [4.69, 9.17) is 0 Å². The van der Waals surface area contributed by atoms with Gasteiger partial charge in [-0.3, -0.25) is 4.98 Å². The number of pyridine rings is 1. The lowest BCUT2D eigenvalue weighted by Gasteiger charge is -2.31. The molecule has 1 atom stereocenters. The maximum Gasteiger partial charge on any atom is 0.270 e. The van der Waals surface area contributed by atoms with E-state index in [2.05, 4.69) is 24.0 Å². The van der Waals surface area contributed by atoms with Gasteiger partial charge >= 0.3 is 0 Å². The Morgan fingerprint density at radius 2 is 1.48 bits per heavy atom. The highest BCUT2D eigenvalue weighted by molar-refractivity contribution is 5.40. The predicted octanol–water partition coefficient (Wildman–Crippen LogP) is 5.74. The minimum atomic E-state index is -2.87. The van der Waals surface area contributed by atoms with E-state index in [9.17, 15) is 8.78 Å². The van der Waals surface area contributed by atoms with Crippen LogP contribution in [0.25, 0.3) is 0 Å². The number of hydrogen-bond acceptors (Lipinski definition) is 1. The molecule has 3 aromatic rings. The molecule has 0 spiro atoms. The van der Waals surface area contributed by atoms with Crippen LogP contribution >= 0.6 is 0 Å². The highest BCUT2D eigenvalue weighted by Crippen LogP contribution is 2.37. The molecule has 128 valence electrons. The van der Waals surface area contributed by atoms with E-state index in [0.717, 1.165) is 23.7 Å². The zero-order chi connectivity index (χ0) is 17.9. The van der Waals surface area contributed by atoms with Gasteiger partial charge in [-0.05, 0) is 42.7 Å². The molecule has 0 aliphatic rings. The Bertz CT molecular complexity index is 825. The Morgan fingerprint density at radius 1 is 0.800 bits per heavy atom. The summed E-state index contributed by atoms with van der Waals surface area (Å²) in [5.74, 6) is -2.87. The van der Waals surface area contributed by atoms with Crippen LogP contribution in [-0.2, 0) is 17.8 Å². The highest BCUT2D eigenvalue weighted by Gasteiger charge is 2.33. The van der Waals surface area contributed by atoms with E-state index in [-0.39, 0.29) is 5.56 Å². The van der Waals surface area contributed by atoms with Crippen LogP contribution in [0.3, 0.4) is 0 Å². The number of nitrogens with zero attached hydrogens (tertiary/aromatic N) is 1. The molecule has 1 aromatic heterocycles. The number of benzene rings is 2. The minimum absolute atomic E-state index is 0.0280. The van der Waals surface area contributed by atoms with Gasteiger partial charge in [0.05, 0.1) is 5.69 Å². The first kappa shape index (κ1) is 17.3. The van der Waals surface area contributed by atoms with Crippen LogP contribution in [0, 0.1) is 0 Å². The fourth-order valence-electron chi connectivity index (χ4n) is 3.17. The van der Waals surface area contributed by atoms with Crippen LogP contribution in [0.1, 0.15) is 36.2 Å². The van der Waals surface area contributed by atoms with Crippen LogP contribution in [-0.4, -0.2) is 4.98 Å². The van der Waals surface area contributed by atoms with Crippen molar-refractivity contribution in [1.29, 1.82) is 0 Å². The number of rotatable bonds is 5. The fraction of sp³-hybridized carbons (Fsp3) is 0.227. The molecule has 1 unspecified atom stereocenters. The molecular formula is C22H21F2N. The van der Waals surface area contributed by atoms with Gasteiger partial charge in [-0.1, -0.05) is 54.6 Å². The van der Waals surface area contributed by atoms with Crippen LogP contribution in [0.15, 0.2) is 79.0 Å². The summed E-state index contributed by atoms with van der Waals surface area (Å²) in [5.41, 5.74) is 2.39. The van der Waals surface area contributed by atoms with Crippen molar-refractivity contribution in [2.24, 2.45) is 0 Å². The monoisotopic (exact) mass is 337 g/mol. The summed E-state index contributed by atoms with van der Waals surface area (Å²) in [4.78, 5) is 4.53. The smallest absolute Gasteiger partial charge is 0.260 e. The van der Waals surface area contributed by atoms with Gasteiger partial charge in [0.15, 0.2) is 0 Å². The highest BCUT2D eigenvalue weighted by atomic mass is 19.3. The lowest BCUT2D eigenvalue weighted by molar-refractivity contribution is 0.0173. The summed E-state index contributed by atoms with van der Waals surface area (Å²) in [6.45, 7) is 3.00. The second-order valence-electron chi connectivity index (χ2n) is 6.68. The van der Waals surface area contributed by atoms with Crippen molar-refractivity contribution in [2.75, 3.05) is 0 Å². The van der Waals surface area contributed by atoms with Crippen LogP contribution in [0.5, 0.6) is 0 Å². The standard InChI is InChI=1S/C22H21F2N/c1-21(20-13-6-7-14-25-20,16-17-9-4-3-5-10-17)18-11-8-12-19(15-18)22(2,23)24/h3-15H,16H2,1-2H3. The first-order chi connectivity index (χ1) is 11.9. The summed E-state index contributed by atoms with van der Waals surface area (Å²) < 4.78 is 27.7. The topological polar surface area (TPSA) is 12.9 Å². The number of halogens is 2. The maximum atomic E-state index is 13.8. The minimum Gasteiger partial charge on any atom is -0.260 e. The van der Waals surface area contributed by atoms with Gasteiger partial charge in [0.1, 0.15) is 0 Å². The van der Waals surface area contributed by atoms with Gasteiger partial charge in [0.2, 0.25) is 0 Å². The second kappa shape index (κ2) is 6.75. The molecule has 0 bridgehead atoms. The first-order valence-corrected chi connectivity index (χ1v) is 8.34. The number of aromatic nitrogens is 1. The van der Waals surface area contributed by atoms with E-state index < -0.39 is 11.3 Å². The Kier molecular flexibility index (Phi) is 4.67. The molecule has 2 aromatic carbocycles. The van der Waals surface area contributed by atoms with Crippen molar-refractivity contribution in [3.8, 4) is 0 Å². The van der Waals surface area contributed by atoms with Gasteiger partial charge in [-0.15, -0.1) is 0 Å². The third-order valence-corrected chi connectivity index (χ3v) is 4.64. The lowest BCUT2D eigenvalue weighted by Crippen LogP contribution is -2.28. The third kappa shape index (κ3) is 3.76. The molecule has 0 radical (unpaired) electrons. The van der Waals surface area contributed by atoms with Crippen molar-refractivity contribution in [3.05, 3.63) is 101 Å². The van der Waals surface area contributed by atoms with Gasteiger partial charge in [-0.25, -0.2) is 8.78 Å². The Labute approximate surface area is 147 Å². The maximum absolute atomic E-state index is 13.8. The molecule has 0 N–H and O–H groups in total. The van der Waals surface area contributed by atoms with E-state index in [1.807, 2.05) is 42.5 Å². The van der Waals surface area contributed by atoms with E-state index in [0.29, 0.717) is 6.42 Å². The number of hydrogen-bond donors (Lipinski definition) is 0. The Balaban J connectivity index is 2.12. The van der Waals surface area contributed by atoms with E-state index >= 15 is 0 Å². The molecule has 25 heavy (non-hydrogen) atoms. The second-order valence-corrected chi connectivity index (χ2v) is 6.68. The molecule has 0 saturated heterocycles. The average molecular weight is 337 g/mol. The zero-order valence-electron chi connectivity index (χ0n) is 14.4. The third-order valence-electron chi connectivity index (χ3n) is 4.64. The number of alkyl halides is 2. The SMILES string of the molecule is CC(F)(F)c1cccc(C(C)(Cc2ccccc2)c2ccccn2)c1. The molecule has 3 rings (SSSR count). The fourth-order valence-corrected chi connectivity index (χ4v) is 3.17. The van der Waals surface area contributed by atoms with Crippen molar-refractivity contribution in [3.63, 3.8) is 0 Å². The normalized spacial score (nSPS) is 14.1. The summed E-state index contributed by atoms with van der Waals surface area (Å²) in [6.07, 6.45) is 2.43. The Morgan fingerprint density at radius 3 is 2.12 bits per heavy atom. The average Bonchev–Trinajstić information content (AvgIpc) is 2.62. The molecular weight excluding hydrogens is 316 g/mol. The predicted molar refractivity (Wildman–Crippen MR) is 96.8 cm³/mol. The molecule has 0 amide bonds. The van der Waals surface area contributed by atoms with Gasteiger partial charge in [-0.2, -0.15) is 0 Å². The van der Waals surface area contributed by atoms with Crippen molar-refractivity contribution < 1.29 is 8.78 Å². The molecule has 3 heteroatoms. The van der Waals surface area contributed by atoms with Crippen molar-refractivity contribution >= 4 is 0 Å². The van der Waals surface area contributed by atoms with Crippen LogP contribution in [0.2, 0.25) is 0 Å². The molecule has 0 aliphatic carbocycles. The molecule has 0 fully saturated rings. The Hall–Kier alpha value is -2.55. The first-order valence-electron chi connectivity index (χ1n) is 8.34. The summed E-state index contributed by atoms with van der Waals surface area (Å²) in [7, 11) is 0. The molecule has 1 nitrogen and oxygen atoms in total. The summed E-state index contributed by atoms with van der Waals surface area (Å²) in [6, 6.07) is 22.5. The zero-order valence-corrected chi connectivity index (χ0v) is 14.4. The van der Waals surface area contributed by atoms with Crippen LogP contribution in [0.4, 0.5) is 8.78 Å². The van der Waals surface area contributed by atoms with Gasteiger partial charge in [0, 0.05) is 24.1 Å². The lowest BCUT2D eigenvalue weighted by atomic mass is 9.74. The molecule has 0 aliphatic heterocycles. The van der Waals surface area contributed by atoms with Crippen LogP contribution < -0.4 is 0 Å². The van der Waals surface area contributed by atoms with Crippen molar-refractivity contribution in [2.45, 2.75) is 31.6 Å². The van der Waals surface area contributed by atoms with Gasteiger partial charge in [0.25, 0.3) is 5.92 Å². The van der Waals surface area contributed by atoms with Crippen molar-refractivity contribution in [1.82, 2.24) is 4.98 Å². The summed E-state index contributed by atoms with van der Waals surface area (Å²) in [5, 5.41) is 0. The van der Waals surface area contributed by atoms with E-state index in [1.165, 1.54) is 6.07 Å². The quantitative estimate of drug-likeness (QED) is 0.578. The van der Waals surface area contributed by atoms with E-state index in [1.54, 1.807) is 18.3 Å².